The maximum Gasteiger partial charge on any atom is 0.245 e. The Morgan fingerprint density at radius 1 is 1.38 bits per heavy atom. The molecule has 0 aromatic heterocycles. The molecule has 0 bridgehead atoms. The molecule has 2 aliphatic rings. The third kappa shape index (κ3) is 3.37. The van der Waals surface area contributed by atoms with Crippen LogP contribution in [0.2, 0.25) is 0 Å². The van der Waals surface area contributed by atoms with Crippen LogP contribution in [-0.2, 0) is 14.3 Å². The van der Waals surface area contributed by atoms with Crippen LogP contribution in [0.5, 0.6) is 0 Å². The van der Waals surface area contributed by atoms with Crippen LogP contribution in [0.4, 0.5) is 0 Å². The number of carbonyl (C=O) groups excluding carboxylic acids is 2. The van der Waals surface area contributed by atoms with E-state index in [0.29, 0.717) is 26.2 Å². The molecule has 2 fully saturated rings. The number of amides is 2. The number of nitrogens with zero attached hydrogens (tertiary/aromatic N) is 1. The van der Waals surface area contributed by atoms with Gasteiger partial charge in [-0.15, -0.1) is 0 Å². The summed E-state index contributed by atoms with van der Waals surface area (Å²) in [4.78, 5) is 26.9. The van der Waals surface area contributed by atoms with E-state index in [1.54, 1.807) is 4.90 Å². The molecule has 21 heavy (non-hydrogen) atoms. The van der Waals surface area contributed by atoms with E-state index in [0.717, 1.165) is 32.1 Å². The molecule has 1 saturated carbocycles. The van der Waals surface area contributed by atoms with Crippen LogP contribution in [-0.4, -0.2) is 55.6 Å². The summed E-state index contributed by atoms with van der Waals surface area (Å²) in [6, 6.07) is -0.512. The van der Waals surface area contributed by atoms with Crippen LogP contribution < -0.4 is 11.1 Å². The maximum absolute atomic E-state index is 13.0. The minimum absolute atomic E-state index is 0.0439. The van der Waals surface area contributed by atoms with Crippen LogP contribution in [0.1, 0.15) is 39.0 Å². The van der Waals surface area contributed by atoms with Gasteiger partial charge in [-0.25, -0.2) is 0 Å². The van der Waals surface area contributed by atoms with Gasteiger partial charge in [-0.05, 0) is 19.3 Å². The zero-order valence-electron chi connectivity index (χ0n) is 12.9. The van der Waals surface area contributed by atoms with Crippen LogP contribution in [0.3, 0.4) is 0 Å². The van der Waals surface area contributed by atoms with E-state index < -0.39 is 11.5 Å². The summed E-state index contributed by atoms with van der Waals surface area (Å²) in [5.41, 5.74) is 5.44. The van der Waals surface area contributed by atoms with Gasteiger partial charge in [0.15, 0.2) is 0 Å². The second-order valence-corrected chi connectivity index (χ2v) is 6.07. The summed E-state index contributed by atoms with van der Waals surface area (Å²) in [6.07, 6.45) is 4.63. The molecule has 0 aromatic rings. The molecule has 0 aromatic carbocycles. The number of nitrogens with one attached hydrogen (secondary N) is 1. The largest absolute Gasteiger partial charge is 0.377 e. The zero-order chi connectivity index (χ0) is 15.3. The Balaban J connectivity index is 2.10. The molecule has 2 rings (SSSR count). The Morgan fingerprint density at radius 2 is 2.10 bits per heavy atom. The monoisotopic (exact) mass is 297 g/mol. The first-order valence-electron chi connectivity index (χ1n) is 8.01. The van der Waals surface area contributed by atoms with Crippen molar-refractivity contribution in [1.29, 1.82) is 0 Å². The Kier molecular flexibility index (Phi) is 5.58. The highest BCUT2D eigenvalue weighted by molar-refractivity contribution is 5.90. The van der Waals surface area contributed by atoms with E-state index in [-0.39, 0.29) is 18.4 Å². The number of ether oxygens (including phenoxy) is 1. The van der Waals surface area contributed by atoms with Crippen molar-refractivity contribution in [3.63, 3.8) is 0 Å². The molecule has 120 valence electrons. The third-order valence-electron chi connectivity index (χ3n) is 4.65. The SMILES string of the molecule is CCCNC(=O)C1COCCN1C(=O)C1(CN)CCCC1. The number of carbonyl (C=O) groups is 2. The molecule has 1 unspecified atom stereocenters. The highest BCUT2D eigenvalue weighted by atomic mass is 16.5. The van der Waals surface area contributed by atoms with Crippen molar-refractivity contribution in [3.8, 4) is 0 Å². The lowest BCUT2D eigenvalue weighted by atomic mass is 9.84. The van der Waals surface area contributed by atoms with Crippen molar-refractivity contribution in [1.82, 2.24) is 10.2 Å². The van der Waals surface area contributed by atoms with E-state index in [4.69, 9.17) is 10.5 Å². The first-order valence-corrected chi connectivity index (χ1v) is 8.01. The van der Waals surface area contributed by atoms with E-state index >= 15 is 0 Å². The Labute approximate surface area is 126 Å². The van der Waals surface area contributed by atoms with Crippen molar-refractivity contribution in [2.75, 3.05) is 32.8 Å². The molecule has 1 aliphatic heterocycles. The van der Waals surface area contributed by atoms with E-state index in [9.17, 15) is 9.59 Å². The van der Waals surface area contributed by atoms with Gasteiger partial charge in [0.1, 0.15) is 6.04 Å². The topological polar surface area (TPSA) is 84.7 Å². The average Bonchev–Trinajstić information content (AvgIpc) is 3.02. The Bertz CT molecular complexity index is 380. The number of rotatable bonds is 5. The lowest BCUT2D eigenvalue weighted by Gasteiger charge is -2.40. The number of hydrogen-bond acceptors (Lipinski definition) is 4. The fraction of sp³-hybridized carbons (Fsp3) is 0.867. The van der Waals surface area contributed by atoms with Gasteiger partial charge in [-0.3, -0.25) is 9.59 Å². The predicted molar refractivity (Wildman–Crippen MR) is 79.6 cm³/mol. The third-order valence-corrected chi connectivity index (χ3v) is 4.65. The van der Waals surface area contributed by atoms with Crippen LogP contribution in [0, 0.1) is 5.41 Å². The molecule has 3 N–H and O–H groups in total. The van der Waals surface area contributed by atoms with Crippen molar-refractivity contribution in [2.45, 2.75) is 45.1 Å². The molecule has 0 spiro atoms. The smallest absolute Gasteiger partial charge is 0.245 e. The van der Waals surface area contributed by atoms with Gasteiger partial charge in [-0.2, -0.15) is 0 Å². The maximum atomic E-state index is 13.0. The summed E-state index contributed by atoms with van der Waals surface area (Å²) in [5.74, 6) is -0.0717. The summed E-state index contributed by atoms with van der Waals surface area (Å²) < 4.78 is 5.41. The Hall–Kier alpha value is -1.14. The predicted octanol–water partition coefficient (Wildman–Crippen LogP) is 0.259. The van der Waals surface area contributed by atoms with Crippen molar-refractivity contribution >= 4 is 11.8 Å². The molecule has 1 atom stereocenters. The quantitative estimate of drug-likeness (QED) is 0.762. The first-order chi connectivity index (χ1) is 10.1. The first kappa shape index (κ1) is 16.2. The Morgan fingerprint density at radius 3 is 2.71 bits per heavy atom. The van der Waals surface area contributed by atoms with Gasteiger partial charge in [-0.1, -0.05) is 19.8 Å². The van der Waals surface area contributed by atoms with Crippen LogP contribution >= 0.6 is 0 Å². The zero-order valence-corrected chi connectivity index (χ0v) is 12.9. The van der Waals surface area contributed by atoms with Crippen molar-refractivity contribution < 1.29 is 14.3 Å². The molecule has 2 amide bonds. The van der Waals surface area contributed by atoms with Crippen molar-refractivity contribution in [2.24, 2.45) is 11.1 Å². The number of nitrogens with two attached hydrogens (primary N) is 1. The highest BCUT2D eigenvalue weighted by Crippen LogP contribution is 2.39. The summed E-state index contributed by atoms with van der Waals surface area (Å²) >= 11 is 0. The highest BCUT2D eigenvalue weighted by Gasteiger charge is 2.45. The fourth-order valence-corrected chi connectivity index (χ4v) is 3.29. The minimum Gasteiger partial charge on any atom is -0.377 e. The van der Waals surface area contributed by atoms with Gasteiger partial charge in [0.25, 0.3) is 0 Å². The molecule has 1 saturated heterocycles. The van der Waals surface area contributed by atoms with E-state index in [1.165, 1.54) is 0 Å². The lowest BCUT2D eigenvalue weighted by molar-refractivity contribution is -0.156. The number of morpholine rings is 1. The summed E-state index contributed by atoms with van der Waals surface area (Å²) in [7, 11) is 0. The minimum atomic E-state index is -0.512. The lowest BCUT2D eigenvalue weighted by Crippen LogP contribution is -2.60. The molecule has 1 aliphatic carbocycles. The van der Waals surface area contributed by atoms with Gasteiger partial charge in [0.05, 0.1) is 18.6 Å². The van der Waals surface area contributed by atoms with E-state index in [2.05, 4.69) is 5.32 Å². The van der Waals surface area contributed by atoms with Gasteiger partial charge >= 0.3 is 0 Å². The van der Waals surface area contributed by atoms with Gasteiger partial charge in [0, 0.05) is 19.6 Å². The van der Waals surface area contributed by atoms with Crippen molar-refractivity contribution in [3.05, 3.63) is 0 Å². The average molecular weight is 297 g/mol. The second kappa shape index (κ2) is 7.22. The molecule has 6 heteroatoms. The summed E-state index contributed by atoms with van der Waals surface area (Å²) in [5, 5.41) is 2.86. The second-order valence-electron chi connectivity index (χ2n) is 6.07. The van der Waals surface area contributed by atoms with Gasteiger partial charge < -0.3 is 20.7 Å². The normalized spacial score (nSPS) is 24.9. The molecule has 0 radical (unpaired) electrons. The standard InChI is InChI=1S/C15H27N3O3/c1-2-7-17-13(19)12-10-21-9-8-18(12)14(20)15(11-16)5-3-4-6-15/h12H,2-11,16H2,1H3,(H,17,19). The summed E-state index contributed by atoms with van der Waals surface area (Å²) in [6.45, 7) is 4.24. The number of hydrogen-bond donors (Lipinski definition) is 2. The van der Waals surface area contributed by atoms with Crippen LogP contribution in [0.25, 0.3) is 0 Å². The molecule has 1 heterocycles. The van der Waals surface area contributed by atoms with Gasteiger partial charge in [0.2, 0.25) is 11.8 Å². The fourth-order valence-electron chi connectivity index (χ4n) is 3.29. The molecule has 6 nitrogen and oxygen atoms in total. The molecular formula is C15H27N3O3. The van der Waals surface area contributed by atoms with E-state index in [1.807, 2.05) is 6.92 Å². The van der Waals surface area contributed by atoms with Crippen LogP contribution in [0.15, 0.2) is 0 Å². The molecular weight excluding hydrogens is 270 g/mol.